The van der Waals surface area contributed by atoms with Gasteiger partial charge < -0.3 is 4.90 Å². The van der Waals surface area contributed by atoms with Gasteiger partial charge in [-0.3, -0.25) is 9.69 Å². The molecule has 0 N–H and O–H groups in total. The van der Waals surface area contributed by atoms with Crippen LogP contribution in [-0.4, -0.2) is 48.2 Å². The molecule has 3 aromatic carbocycles. The van der Waals surface area contributed by atoms with Gasteiger partial charge in [-0.1, -0.05) is 55.5 Å². The Morgan fingerprint density at radius 1 is 0.968 bits per heavy atom. The van der Waals surface area contributed by atoms with Crippen LogP contribution in [0.25, 0.3) is 21.0 Å². The lowest BCUT2D eigenvalue weighted by Gasteiger charge is -2.24. The second-order valence-electron chi connectivity index (χ2n) is 7.38. The summed E-state index contributed by atoms with van der Waals surface area (Å²) >= 11 is 3.31. The number of nitrogens with zero attached hydrogens (tertiary/aromatic N) is 3. The van der Waals surface area contributed by atoms with Crippen molar-refractivity contribution in [1.82, 2.24) is 9.88 Å². The predicted octanol–water partition coefficient (Wildman–Crippen LogP) is 6.16. The van der Waals surface area contributed by atoms with E-state index in [9.17, 15) is 4.79 Å². The number of carbonyl (C=O) groups excluding carboxylic acids is 1. The van der Waals surface area contributed by atoms with E-state index >= 15 is 0 Å². The van der Waals surface area contributed by atoms with E-state index in [1.54, 1.807) is 23.1 Å². The Morgan fingerprint density at radius 2 is 1.74 bits per heavy atom. The normalized spacial score (nSPS) is 11.5. The number of thiazole rings is 1. The minimum absolute atomic E-state index is 0.00190. The van der Waals surface area contributed by atoms with Crippen LogP contribution >= 0.6 is 23.1 Å². The first-order valence-corrected chi connectivity index (χ1v) is 12.6. The van der Waals surface area contributed by atoms with Gasteiger partial charge in [0.15, 0.2) is 5.13 Å². The monoisotopic (exact) mass is 449 g/mol. The molecule has 4 aromatic rings. The number of fused-ring (bicyclic) bond motifs is 2. The maximum Gasteiger partial charge on any atom is 0.260 e. The van der Waals surface area contributed by atoms with Gasteiger partial charge in [-0.15, -0.1) is 11.8 Å². The molecule has 0 aliphatic rings. The molecule has 1 heterocycles. The van der Waals surface area contributed by atoms with Crippen molar-refractivity contribution < 1.29 is 4.79 Å². The second kappa shape index (κ2) is 9.81. The first-order chi connectivity index (χ1) is 15.1. The number of amides is 1. The number of hydrogen-bond acceptors (Lipinski definition) is 5. The largest absolute Gasteiger partial charge is 0.302 e. The van der Waals surface area contributed by atoms with Crippen molar-refractivity contribution in [2.24, 2.45) is 0 Å². The highest BCUT2D eigenvalue weighted by molar-refractivity contribution is 7.98. The fourth-order valence-electron chi connectivity index (χ4n) is 3.68. The maximum absolute atomic E-state index is 13.6. The van der Waals surface area contributed by atoms with Crippen molar-refractivity contribution in [2.75, 3.05) is 37.3 Å². The number of thioether (sulfide) groups is 1. The van der Waals surface area contributed by atoms with Gasteiger partial charge in [-0.25, -0.2) is 4.98 Å². The first kappa shape index (κ1) is 21.8. The molecule has 0 saturated heterocycles. The number of hydrogen-bond donors (Lipinski definition) is 0. The van der Waals surface area contributed by atoms with E-state index in [0.29, 0.717) is 12.1 Å². The van der Waals surface area contributed by atoms with Crippen molar-refractivity contribution in [3.8, 4) is 0 Å². The zero-order valence-corrected chi connectivity index (χ0v) is 19.8. The van der Waals surface area contributed by atoms with Crippen LogP contribution in [0.2, 0.25) is 0 Å². The smallest absolute Gasteiger partial charge is 0.260 e. The van der Waals surface area contributed by atoms with Crippen molar-refractivity contribution in [3.63, 3.8) is 0 Å². The first-order valence-electron chi connectivity index (χ1n) is 10.6. The van der Waals surface area contributed by atoms with Gasteiger partial charge in [-0.05, 0) is 60.4 Å². The van der Waals surface area contributed by atoms with E-state index < -0.39 is 0 Å². The Hall–Kier alpha value is -2.41. The Bertz CT molecular complexity index is 1200. The minimum Gasteiger partial charge on any atom is -0.302 e. The number of benzene rings is 3. The lowest BCUT2D eigenvalue weighted by atomic mass is 10.1. The van der Waals surface area contributed by atoms with Gasteiger partial charge in [0.25, 0.3) is 5.91 Å². The zero-order valence-electron chi connectivity index (χ0n) is 18.2. The average molecular weight is 450 g/mol. The molecule has 1 amide bonds. The summed E-state index contributed by atoms with van der Waals surface area (Å²) in [6.07, 6.45) is 2.07. The van der Waals surface area contributed by atoms with Gasteiger partial charge in [0.05, 0.1) is 10.2 Å². The van der Waals surface area contributed by atoms with E-state index in [1.807, 2.05) is 47.4 Å². The van der Waals surface area contributed by atoms with Crippen LogP contribution in [-0.2, 0) is 0 Å². The van der Waals surface area contributed by atoms with Gasteiger partial charge in [0.1, 0.15) is 0 Å². The number of aromatic nitrogens is 1. The average Bonchev–Trinajstić information content (AvgIpc) is 3.24. The summed E-state index contributed by atoms with van der Waals surface area (Å²) in [4.78, 5) is 23.9. The highest BCUT2D eigenvalue weighted by atomic mass is 32.2. The van der Waals surface area contributed by atoms with E-state index in [-0.39, 0.29) is 5.91 Å². The Balaban J connectivity index is 1.71. The number of anilines is 1. The predicted molar refractivity (Wildman–Crippen MR) is 135 cm³/mol. The molecule has 160 valence electrons. The molecule has 0 unspecified atom stereocenters. The van der Waals surface area contributed by atoms with Crippen molar-refractivity contribution in [3.05, 3.63) is 66.2 Å². The summed E-state index contributed by atoms with van der Waals surface area (Å²) in [5, 5.41) is 2.97. The molecule has 31 heavy (non-hydrogen) atoms. The van der Waals surface area contributed by atoms with Crippen LogP contribution < -0.4 is 4.90 Å². The van der Waals surface area contributed by atoms with Crippen LogP contribution in [0.15, 0.2) is 65.6 Å². The van der Waals surface area contributed by atoms with Crippen molar-refractivity contribution >= 4 is 55.1 Å². The fourth-order valence-corrected chi connectivity index (χ4v) is 5.22. The highest BCUT2D eigenvalue weighted by Gasteiger charge is 2.22. The van der Waals surface area contributed by atoms with E-state index in [0.717, 1.165) is 45.8 Å². The molecule has 0 radical (unpaired) electrons. The Morgan fingerprint density at radius 3 is 2.48 bits per heavy atom. The summed E-state index contributed by atoms with van der Waals surface area (Å²) < 4.78 is 1.11. The molecule has 0 bridgehead atoms. The van der Waals surface area contributed by atoms with Crippen LogP contribution in [0.5, 0.6) is 0 Å². The van der Waals surface area contributed by atoms with E-state index in [2.05, 4.69) is 43.2 Å². The number of rotatable bonds is 8. The minimum atomic E-state index is 0.00190. The summed E-state index contributed by atoms with van der Waals surface area (Å²) in [6, 6.07) is 20.4. The number of carbonyl (C=O) groups is 1. The topological polar surface area (TPSA) is 36.4 Å². The zero-order chi connectivity index (χ0) is 21.8. The lowest BCUT2D eigenvalue weighted by molar-refractivity contribution is 0.0984. The molecule has 4 rings (SSSR count). The summed E-state index contributed by atoms with van der Waals surface area (Å²) in [5.74, 6) is 0.00190. The van der Waals surface area contributed by atoms with Gasteiger partial charge >= 0.3 is 0 Å². The molecule has 4 nitrogen and oxygen atoms in total. The van der Waals surface area contributed by atoms with Crippen LogP contribution in [0.3, 0.4) is 0 Å². The molecular formula is C25H27N3OS2. The van der Waals surface area contributed by atoms with Crippen LogP contribution in [0.4, 0.5) is 5.13 Å². The van der Waals surface area contributed by atoms with Crippen LogP contribution in [0, 0.1) is 0 Å². The fraction of sp³-hybridized carbons (Fsp3) is 0.280. The quantitative estimate of drug-likeness (QED) is 0.302. The molecular weight excluding hydrogens is 422 g/mol. The lowest BCUT2D eigenvalue weighted by Crippen LogP contribution is -2.38. The molecule has 1 aromatic heterocycles. The molecule has 0 saturated carbocycles. The molecule has 0 aliphatic heterocycles. The molecule has 0 spiro atoms. The van der Waals surface area contributed by atoms with Gasteiger partial charge in [0, 0.05) is 23.5 Å². The van der Waals surface area contributed by atoms with Crippen LogP contribution in [0.1, 0.15) is 24.2 Å². The second-order valence-corrected chi connectivity index (χ2v) is 9.26. The Kier molecular flexibility index (Phi) is 6.90. The van der Waals surface area contributed by atoms with Gasteiger partial charge in [-0.2, -0.15) is 0 Å². The third-order valence-corrected chi connectivity index (χ3v) is 7.36. The van der Waals surface area contributed by atoms with E-state index in [1.165, 1.54) is 4.90 Å². The Labute approximate surface area is 191 Å². The standard InChI is InChI=1S/C25H27N3OS2/c1-4-27(5-2)14-15-28(25-26-22-13-12-21(30-3)17-23(22)31-25)24(29)20-11-10-18-8-6-7-9-19(18)16-20/h6-13,16-17H,4-5,14-15H2,1-3H3. The molecule has 0 fully saturated rings. The van der Waals surface area contributed by atoms with Gasteiger partial charge in [0.2, 0.25) is 0 Å². The number of likely N-dealkylation sites (N-methyl/N-ethyl adjacent to an activating group) is 1. The summed E-state index contributed by atoms with van der Waals surface area (Å²) in [6.45, 7) is 7.67. The van der Waals surface area contributed by atoms with E-state index in [4.69, 9.17) is 4.98 Å². The van der Waals surface area contributed by atoms with Crippen molar-refractivity contribution in [2.45, 2.75) is 18.7 Å². The maximum atomic E-state index is 13.6. The third kappa shape index (κ3) is 4.76. The highest BCUT2D eigenvalue weighted by Crippen LogP contribution is 2.32. The SMILES string of the molecule is CCN(CC)CCN(C(=O)c1ccc2ccccc2c1)c1nc2ccc(SC)cc2s1. The molecule has 0 atom stereocenters. The summed E-state index contributed by atoms with van der Waals surface area (Å²) in [5.41, 5.74) is 1.64. The summed E-state index contributed by atoms with van der Waals surface area (Å²) in [7, 11) is 0. The third-order valence-electron chi connectivity index (χ3n) is 5.59. The van der Waals surface area contributed by atoms with Crippen molar-refractivity contribution in [1.29, 1.82) is 0 Å². The molecule has 0 aliphatic carbocycles. The molecule has 6 heteroatoms.